The van der Waals surface area contributed by atoms with Gasteiger partial charge in [-0.1, -0.05) is 12.1 Å². The predicted molar refractivity (Wildman–Crippen MR) is 108 cm³/mol. The van der Waals surface area contributed by atoms with Gasteiger partial charge in [0.05, 0.1) is 25.9 Å². The van der Waals surface area contributed by atoms with Crippen LogP contribution in [0.3, 0.4) is 0 Å². The minimum Gasteiger partial charge on any atom is -0.490 e. The van der Waals surface area contributed by atoms with E-state index in [1.165, 1.54) is 7.11 Å². The maximum Gasteiger partial charge on any atom is 0.337 e. The standard InChI is InChI=1S/C22H27NO5/c1-5-27-19-11-8-16(13-20(19)28-6-2)9-12-21(24)23-18-14-17(22(25)26-4)10-7-15(18)3/h7-8,10-11,13-14H,5-6,9,12H2,1-4H3,(H,23,24). The van der Waals surface area contributed by atoms with Crippen molar-refractivity contribution in [1.82, 2.24) is 0 Å². The molecule has 28 heavy (non-hydrogen) atoms. The highest BCUT2D eigenvalue weighted by Gasteiger charge is 2.12. The maximum atomic E-state index is 12.4. The Balaban J connectivity index is 2.02. The number of ether oxygens (including phenoxy) is 3. The second kappa shape index (κ2) is 10.3. The molecule has 0 aliphatic carbocycles. The van der Waals surface area contributed by atoms with Crippen molar-refractivity contribution in [3.05, 3.63) is 53.1 Å². The molecule has 0 atom stereocenters. The van der Waals surface area contributed by atoms with Crippen LogP contribution in [-0.2, 0) is 16.0 Å². The van der Waals surface area contributed by atoms with Gasteiger partial charge in [0, 0.05) is 12.1 Å². The van der Waals surface area contributed by atoms with Gasteiger partial charge in [0.25, 0.3) is 0 Å². The summed E-state index contributed by atoms with van der Waals surface area (Å²) < 4.78 is 15.9. The van der Waals surface area contributed by atoms with Gasteiger partial charge in [0.1, 0.15) is 0 Å². The van der Waals surface area contributed by atoms with Gasteiger partial charge in [-0.15, -0.1) is 0 Å². The Kier molecular flexibility index (Phi) is 7.87. The summed E-state index contributed by atoms with van der Waals surface area (Å²) in [5, 5.41) is 2.87. The molecule has 0 saturated carbocycles. The number of benzene rings is 2. The molecule has 0 saturated heterocycles. The second-order valence-electron chi connectivity index (χ2n) is 6.22. The molecule has 0 aliphatic rings. The van der Waals surface area contributed by atoms with Crippen molar-refractivity contribution in [2.75, 3.05) is 25.6 Å². The molecule has 0 fully saturated rings. The summed E-state index contributed by atoms with van der Waals surface area (Å²) in [6, 6.07) is 10.8. The van der Waals surface area contributed by atoms with E-state index in [1.807, 2.05) is 39.0 Å². The normalized spacial score (nSPS) is 10.3. The molecule has 6 heteroatoms. The van der Waals surface area contributed by atoms with Crippen LogP contribution < -0.4 is 14.8 Å². The molecule has 0 spiro atoms. The first kappa shape index (κ1) is 21.3. The summed E-state index contributed by atoms with van der Waals surface area (Å²) in [6.45, 7) is 6.81. The smallest absolute Gasteiger partial charge is 0.337 e. The molecule has 2 rings (SSSR count). The van der Waals surface area contributed by atoms with Crippen molar-refractivity contribution < 1.29 is 23.8 Å². The van der Waals surface area contributed by atoms with Crippen molar-refractivity contribution in [2.45, 2.75) is 33.6 Å². The van der Waals surface area contributed by atoms with E-state index in [9.17, 15) is 9.59 Å². The third-order valence-corrected chi connectivity index (χ3v) is 4.18. The lowest BCUT2D eigenvalue weighted by Crippen LogP contribution is -2.14. The zero-order chi connectivity index (χ0) is 20.5. The third-order valence-electron chi connectivity index (χ3n) is 4.18. The molecule has 1 amide bonds. The molecule has 0 bridgehead atoms. The number of amides is 1. The van der Waals surface area contributed by atoms with E-state index in [-0.39, 0.29) is 5.91 Å². The summed E-state index contributed by atoms with van der Waals surface area (Å²) in [4.78, 5) is 24.1. The lowest BCUT2D eigenvalue weighted by molar-refractivity contribution is -0.116. The van der Waals surface area contributed by atoms with Crippen LogP contribution >= 0.6 is 0 Å². The number of rotatable bonds is 9. The Labute approximate surface area is 165 Å². The van der Waals surface area contributed by atoms with Gasteiger partial charge in [-0.3, -0.25) is 4.79 Å². The first-order valence-electron chi connectivity index (χ1n) is 9.35. The van der Waals surface area contributed by atoms with Crippen LogP contribution in [0.25, 0.3) is 0 Å². The maximum absolute atomic E-state index is 12.4. The van der Waals surface area contributed by atoms with Gasteiger partial charge in [0.2, 0.25) is 5.91 Å². The van der Waals surface area contributed by atoms with E-state index in [2.05, 4.69) is 5.32 Å². The topological polar surface area (TPSA) is 73.9 Å². The van der Waals surface area contributed by atoms with E-state index in [1.54, 1.807) is 18.2 Å². The quantitative estimate of drug-likeness (QED) is 0.657. The van der Waals surface area contributed by atoms with Gasteiger partial charge in [-0.25, -0.2) is 4.79 Å². The average Bonchev–Trinajstić information content (AvgIpc) is 2.69. The minimum atomic E-state index is -0.437. The fourth-order valence-electron chi connectivity index (χ4n) is 2.72. The van der Waals surface area contributed by atoms with E-state index in [0.29, 0.717) is 48.8 Å². The largest absolute Gasteiger partial charge is 0.490 e. The van der Waals surface area contributed by atoms with Crippen molar-refractivity contribution >= 4 is 17.6 Å². The fraction of sp³-hybridized carbons (Fsp3) is 0.364. The number of aryl methyl sites for hydroxylation is 2. The molecule has 2 aromatic rings. The van der Waals surface area contributed by atoms with Gasteiger partial charge < -0.3 is 19.5 Å². The number of carbonyl (C=O) groups is 2. The van der Waals surface area contributed by atoms with Crippen LogP contribution in [0.5, 0.6) is 11.5 Å². The first-order valence-corrected chi connectivity index (χ1v) is 9.35. The summed E-state index contributed by atoms with van der Waals surface area (Å²) in [5.74, 6) is 0.821. The van der Waals surface area contributed by atoms with Crippen molar-refractivity contribution in [3.8, 4) is 11.5 Å². The monoisotopic (exact) mass is 385 g/mol. The van der Waals surface area contributed by atoms with Crippen molar-refractivity contribution in [1.29, 1.82) is 0 Å². The molecule has 0 aromatic heterocycles. The van der Waals surface area contributed by atoms with Crippen molar-refractivity contribution in [3.63, 3.8) is 0 Å². The zero-order valence-corrected chi connectivity index (χ0v) is 16.8. The van der Waals surface area contributed by atoms with E-state index < -0.39 is 5.97 Å². The molecular weight excluding hydrogens is 358 g/mol. The molecule has 0 radical (unpaired) electrons. The molecule has 0 aliphatic heterocycles. The SMILES string of the molecule is CCOc1ccc(CCC(=O)Nc2cc(C(=O)OC)ccc2C)cc1OCC. The summed E-state index contributed by atoms with van der Waals surface area (Å²) >= 11 is 0. The number of hydrogen-bond donors (Lipinski definition) is 1. The molecule has 0 unspecified atom stereocenters. The Bertz CT molecular complexity index is 832. The highest BCUT2D eigenvalue weighted by atomic mass is 16.5. The number of anilines is 1. The Morgan fingerprint density at radius 1 is 0.964 bits per heavy atom. The number of methoxy groups -OCH3 is 1. The highest BCUT2D eigenvalue weighted by Crippen LogP contribution is 2.29. The summed E-state index contributed by atoms with van der Waals surface area (Å²) in [5.41, 5.74) is 2.87. The highest BCUT2D eigenvalue weighted by molar-refractivity contribution is 5.95. The second-order valence-corrected chi connectivity index (χ2v) is 6.22. The summed E-state index contributed by atoms with van der Waals surface area (Å²) in [6.07, 6.45) is 0.871. The number of nitrogens with one attached hydrogen (secondary N) is 1. The van der Waals surface area contributed by atoms with Gasteiger partial charge in [0.15, 0.2) is 11.5 Å². The number of esters is 1. The van der Waals surface area contributed by atoms with Crippen LogP contribution in [0, 0.1) is 6.92 Å². The van der Waals surface area contributed by atoms with Crippen LogP contribution in [0.1, 0.15) is 41.8 Å². The minimum absolute atomic E-state index is 0.128. The molecule has 1 N–H and O–H groups in total. The van der Waals surface area contributed by atoms with Gasteiger partial charge in [-0.2, -0.15) is 0 Å². The predicted octanol–water partition coefficient (Wildman–Crippen LogP) is 4.15. The fourth-order valence-corrected chi connectivity index (χ4v) is 2.72. The van der Waals surface area contributed by atoms with Crippen LogP contribution in [-0.4, -0.2) is 32.2 Å². The molecule has 6 nitrogen and oxygen atoms in total. The van der Waals surface area contributed by atoms with Crippen LogP contribution in [0.4, 0.5) is 5.69 Å². The van der Waals surface area contributed by atoms with Gasteiger partial charge in [-0.05, 0) is 62.6 Å². The Hall–Kier alpha value is -3.02. The molecule has 2 aromatic carbocycles. The lowest BCUT2D eigenvalue weighted by atomic mass is 10.1. The van der Waals surface area contributed by atoms with Gasteiger partial charge >= 0.3 is 5.97 Å². The summed E-state index contributed by atoms with van der Waals surface area (Å²) in [7, 11) is 1.33. The zero-order valence-electron chi connectivity index (χ0n) is 16.8. The van der Waals surface area contributed by atoms with Crippen LogP contribution in [0.2, 0.25) is 0 Å². The van der Waals surface area contributed by atoms with Crippen LogP contribution in [0.15, 0.2) is 36.4 Å². The van der Waals surface area contributed by atoms with Crippen molar-refractivity contribution in [2.24, 2.45) is 0 Å². The van der Waals surface area contributed by atoms with E-state index >= 15 is 0 Å². The Morgan fingerprint density at radius 2 is 1.68 bits per heavy atom. The van der Waals surface area contributed by atoms with E-state index in [0.717, 1.165) is 11.1 Å². The average molecular weight is 385 g/mol. The number of hydrogen-bond acceptors (Lipinski definition) is 5. The third kappa shape index (κ3) is 5.74. The Morgan fingerprint density at radius 3 is 2.36 bits per heavy atom. The number of carbonyl (C=O) groups excluding carboxylic acids is 2. The molecular formula is C22H27NO5. The van der Waals surface area contributed by atoms with E-state index in [4.69, 9.17) is 14.2 Å². The molecule has 0 heterocycles. The lowest BCUT2D eigenvalue weighted by Gasteiger charge is -2.13. The molecule has 150 valence electrons. The first-order chi connectivity index (χ1) is 13.5.